The number of anilines is 1. The first-order valence-electron chi connectivity index (χ1n) is 12.8. The third kappa shape index (κ3) is 7.95. The minimum absolute atomic E-state index is 0.197. The zero-order valence-corrected chi connectivity index (χ0v) is 22.9. The molecule has 1 unspecified atom stereocenters. The van der Waals surface area contributed by atoms with Crippen molar-refractivity contribution in [2.75, 3.05) is 11.6 Å². The van der Waals surface area contributed by atoms with Crippen LogP contribution in [0.2, 0.25) is 0 Å². The fourth-order valence-electron chi connectivity index (χ4n) is 4.03. The number of nitrogens with one attached hydrogen (secondary N) is 2. The molecule has 1 amide bonds. The van der Waals surface area contributed by atoms with Gasteiger partial charge in [0, 0.05) is 17.7 Å². The zero-order valence-electron chi connectivity index (χ0n) is 22.1. The number of para-hydroxylation sites is 1. The average Bonchev–Trinajstić information content (AvgIpc) is 2.97. The Labute approximate surface area is 238 Å². The lowest BCUT2D eigenvalue weighted by molar-refractivity contribution is -0.144. The maximum absolute atomic E-state index is 12.8. The predicted octanol–water partition coefficient (Wildman–Crippen LogP) is 4.16. The third-order valence-electron chi connectivity index (χ3n) is 6.01. The molecule has 0 radical (unpaired) electrons. The topological polar surface area (TPSA) is 110 Å². The van der Waals surface area contributed by atoms with E-state index in [0.29, 0.717) is 17.6 Å². The fourth-order valence-corrected chi connectivity index (χ4v) is 4.35. The number of amides is 1. The summed E-state index contributed by atoms with van der Waals surface area (Å²) in [6.07, 6.45) is 4.69. The molecular formula is C31H31N5O3S. The first-order chi connectivity index (χ1) is 19.4. The molecule has 0 fully saturated rings. The van der Waals surface area contributed by atoms with Gasteiger partial charge in [-0.05, 0) is 54.9 Å². The Kier molecular flexibility index (Phi) is 9.93. The number of aromatic nitrogens is 1. The number of pyridine rings is 1. The molecule has 0 spiro atoms. The van der Waals surface area contributed by atoms with Crippen LogP contribution in [-0.2, 0) is 20.7 Å². The van der Waals surface area contributed by atoms with Gasteiger partial charge >= 0.3 is 5.97 Å². The van der Waals surface area contributed by atoms with E-state index in [4.69, 9.17) is 22.7 Å². The lowest BCUT2D eigenvalue weighted by Crippen LogP contribution is -2.51. The van der Waals surface area contributed by atoms with Crippen LogP contribution in [0.3, 0.4) is 0 Å². The lowest BCUT2D eigenvalue weighted by atomic mass is 10.1. The fraction of sp³-hybridized carbons (Fsp3) is 0.161. The first kappa shape index (κ1) is 28.4. The molecule has 0 saturated heterocycles. The van der Waals surface area contributed by atoms with Gasteiger partial charge in [0.25, 0.3) is 0 Å². The van der Waals surface area contributed by atoms with Crippen LogP contribution in [0.5, 0.6) is 0 Å². The van der Waals surface area contributed by atoms with Gasteiger partial charge in [-0.2, -0.15) is 0 Å². The monoisotopic (exact) mass is 553 g/mol. The summed E-state index contributed by atoms with van der Waals surface area (Å²) in [4.78, 5) is 31.4. The zero-order chi connectivity index (χ0) is 28.3. The third-order valence-corrected chi connectivity index (χ3v) is 6.35. The van der Waals surface area contributed by atoms with Crippen LogP contribution >= 0.6 is 12.2 Å². The molecule has 9 heteroatoms. The Balaban J connectivity index is 1.45. The van der Waals surface area contributed by atoms with E-state index in [-0.39, 0.29) is 17.8 Å². The van der Waals surface area contributed by atoms with Gasteiger partial charge < -0.3 is 21.1 Å². The molecule has 204 valence electrons. The normalized spacial score (nSPS) is 12.4. The van der Waals surface area contributed by atoms with E-state index in [1.165, 1.54) is 6.08 Å². The van der Waals surface area contributed by atoms with Gasteiger partial charge in [0.2, 0.25) is 5.91 Å². The Morgan fingerprint density at radius 2 is 1.68 bits per heavy atom. The Bertz CT molecular complexity index is 1480. The minimum atomic E-state index is -0.842. The number of esters is 1. The number of nitrogens with zero attached hydrogens (tertiary/aromatic N) is 2. The van der Waals surface area contributed by atoms with Crippen LogP contribution in [0, 0.1) is 0 Å². The summed E-state index contributed by atoms with van der Waals surface area (Å²) in [6, 6.07) is 27.6. The summed E-state index contributed by atoms with van der Waals surface area (Å²) >= 11 is 5.71. The van der Waals surface area contributed by atoms with Crippen molar-refractivity contribution < 1.29 is 14.3 Å². The van der Waals surface area contributed by atoms with E-state index in [0.717, 1.165) is 16.5 Å². The van der Waals surface area contributed by atoms with Gasteiger partial charge in [0.15, 0.2) is 11.8 Å². The number of rotatable bonds is 10. The summed E-state index contributed by atoms with van der Waals surface area (Å²) in [6.45, 7) is 1.57. The SMILES string of the molecule is CC(NC(=O)/C=C/c1ccccc1)NC(=S)N(COC(=O)[C@@H](N)Cc1ccccc1)c1cccc2cccnc12. The highest BCUT2D eigenvalue weighted by molar-refractivity contribution is 7.80. The van der Waals surface area contributed by atoms with Crippen molar-refractivity contribution in [1.82, 2.24) is 15.6 Å². The van der Waals surface area contributed by atoms with Crippen LogP contribution in [0.25, 0.3) is 17.0 Å². The molecule has 2 atom stereocenters. The van der Waals surface area contributed by atoms with Gasteiger partial charge in [-0.1, -0.05) is 78.9 Å². The molecule has 1 aromatic heterocycles. The summed E-state index contributed by atoms with van der Waals surface area (Å²) in [5.74, 6) is -0.847. The number of carbonyl (C=O) groups is 2. The van der Waals surface area contributed by atoms with E-state index in [1.807, 2.05) is 91.0 Å². The number of hydrogen-bond acceptors (Lipinski definition) is 6. The molecule has 0 aliphatic carbocycles. The van der Waals surface area contributed by atoms with Gasteiger partial charge in [-0.25, -0.2) is 0 Å². The quantitative estimate of drug-likeness (QED) is 0.116. The number of nitrogens with two attached hydrogens (primary N) is 1. The van der Waals surface area contributed by atoms with Crippen molar-refractivity contribution in [2.45, 2.75) is 25.6 Å². The standard InChI is InChI=1S/C31H31N5O3S/c1-22(34-28(37)18-17-23-10-4-2-5-11-23)35-31(40)36(27-16-8-14-25-15-9-19-33-29(25)27)21-39-30(38)26(32)20-24-12-6-3-7-13-24/h2-19,22,26H,20-21,32H2,1H3,(H,34,37)(H,35,40)/b18-17+/t22?,26-/m0/s1. The highest BCUT2D eigenvalue weighted by atomic mass is 32.1. The van der Waals surface area contributed by atoms with E-state index in [2.05, 4.69) is 15.6 Å². The van der Waals surface area contributed by atoms with Gasteiger partial charge in [0.1, 0.15) is 6.04 Å². The number of thiocarbonyl (C=S) groups is 1. The molecule has 1 heterocycles. The second-order valence-corrected chi connectivity index (χ2v) is 9.48. The molecule has 0 aliphatic heterocycles. The molecule has 3 aromatic carbocycles. The second kappa shape index (κ2) is 14.0. The largest absolute Gasteiger partial charge is 0.443 e. The highest BCUT2D eigenvalue weighted by Crippen LogP contribution is 2.25. The molecular weight excluding hydrogens is 522 g/mol. The van der Waals surface area contributed by atoms with Gasteiger partial charge in [-0.15, -0.1) is 0 Å². The molecule has 0 aliphatic rings. The molecule has 4 rings (SSSR count). The van der Waals surface area contributed by atoms with Crippen LogP contribution in [0.15, 0.2) is 103 Å². The van der Waals surface area contributed by atoms with Crippen molar-refractivity contribution in [3.63, 3.8) is 0 Å². The van der Waals surface area contributed by atoms with Crippen molar-refractivity contribution in [2.24, 2.45) is 5.73 Å². The summed E-state index contributed by atoms with van der Waals surface area (Å²) in [5.41, 5.74) is 9.31. The molecule has 8 nitrogen and oxygen atoms in total. The van der Waals surface area contributed by atoms with E-state index in [1.54, 1.807) is 24.1 Å². The van der Waals surface area contributed by atoms with Crippen LogP contribution in [0.1, 0.15) is 18.1 Å². The van der Waals surface area contributed by atoms with Gasteiger partial charge in [0.05, 0.1) is 17.4 Å². The number of ether oxygens (including phenoxy) is 1. The van der Waals surface area contributed by atoms with Crippen molar-refractivity contribution in [1.29, 1.82) is 0 Å². The first-order valence-corrected chi connectivity index (χ1v) is 13.2. The van der Waals surface area contributed by atoms with E-state index in [9.17, 15) is 9.59 Å². The van der Waals surface area contributed by atoms with E-state index < -0.39 is 18.2 Å². The maximum Gasteiger partial charge on any atom is 0.324 e. The van der Waals surface area contributed by atoms with Crippen molar-refractivity contribution >= 4 is 51.9 Å². The molecule has 0 saturated carbocycles. The summed E-state index contributed by atoms with van der Waals surface area (Å²) in [5, 5.41) is 7.08. The second-order valence-electron chi connectivity index (χ2n) is 9.09. The van der Waals surface area contributed by atoms with Crippen molar-refractivity contribution in [3.05, 3.63) is 114 Å². The number of carbonyl (C=O) groups excluding carboxylic acids is 2. The molecule has 40 heavy (non-hydrogen) atoms. The maximum atomic E-state index is 12.8. The predicted molar refractivity (Wildman–Crippen MR) is 162 cm³/mol. The Hall–Kier alpha value is -4.60. The van der Waals surface area contributed by atoms with Crippen LogP contribution in [0.4, 0.5) is 5.69 Å². The van der Waals surface area contributed by atoms with Gasteiger partial charge in [-0.3, -0.25) is 19.5 Å². The molecule has 4 aromatic rings. The van der Waals surface area contributed by atoms with Crippen LogP contribution in [-0.4, -0.2) is 40.9 Å². The summed E-state index contributed by atoms with van der Waals surface area (Å²) in [7, 11) is 0. The number of hydrogen-bond donors (Lipinski definition) is 3. The Morgan fingerprint density at radius 1 is 0.975 bits per heavy atom. The van der Waals surface area contributed by atoms with Crippen LogP contribution < -0.4 is 21.3 Å². The molecule has 0 bridgehead atoms. The number of fused-ring (bicyclic) bond motifs is 1. The smallest absolute Gasteiger partial charge is 0.324 e. The minimum Gasteiger partial charge on any atom is -0.443 e. The summed E-state index contributed by atoms with van der Waals surface area (Å²) < 4.78 is 5.62. The van der Waals surface area contributed by atoms with Crippen molar-refractivity contribution in [3.8, 4) is 0 Å². The van der Waals surface area contributed by atoms with E-state index >= 15 is 0 Å². The highest BCUT2D eigenvalue weighted by Gasteiger charge is 2.22. The number of benzene rings is 3. The lowest BCUT2D eigenvalue weighted by Gasteiger charge is -2.28. The Morgan fingerprint density at radius 3 is 2.42 bits per heavy atom. The average molecular weight is 554 g/mol. The molecule has 4 N–H and O–H groups in total.